The minimum atomic E-state index is -0.292. The summed E-state index contributed by atoms with van der Waals surface area (Å²) in [7, 11) is 0. The highest BCUT2D eigenvalue weighted by atomic mass is 35.5. The highest BCUT2D eigenvalue weighted by Crippen LogP contribution is 2.24. The van der Waals surface area contributed by atoms with Crippen molar-refractivity contribution in [1.29, 1.82) is 0 Å². The lowest BCUT2D eigenvalue weighted by atomic mass is 10.2. The highest BCUT2D eigenvalue weighted by molar-refractivity contribution is 6.32. The fourth-order valence-electron chi connectivity index (χ4n) is 3.37. The van der Waals surface area contributed by atoms with E-state index in [4.69, 9.17) is 25.7 Å². The van der Waals surface area contributed by atoms with Crippen LogP contribution in [0.15, 0.2) is 71.3 Å². The number of halogens is 1. The smallest absolute Gasteiger partial charge is 0.287 e. The van der Waals surface area contributed by atoms with Crippen molar-refractivity contribution in [3.05, 3.63) is 83.5 Å². The van der Waals surface area contributed by atoms with E-state index in [9.17, 15) is 4.79 Å². The molecule has 1 atom stereocenters. The van der Waals surface area contributed by atoms with Crippen LogP contribution in [0.4, 0.5) is 0 Å². The molecule has 0 spiro atoms. The summed E-state index contributed by atoms with van der Waals surface area (Å²) < 4.78 is 13.1. The number of hydrogen-bond acceptors (Lipinski definition) is 4. The second kappa shape index (κ2) is 9.05. The molecule has 0 unspecified atom stereocenters. The molecular weight excluding hydrogens is 402 g/mol. The first kappa shape index (κ1) is 20.0. The van der Waals surface area contributed by atoms with Crippen molar-refractivity contribution in [3.63, 3.8) is 0 Å². The predicted octanol–water partition coefficient (Wildman–Crippen LogP) is 5.24. The summed E-state index contributed by atoms with van der Waals surface area (Å²) in [5.41, 5.74) is 1.91. The van der Waals surface area contributed by atoms with E-state index in [0.717, 1.165) is 23.3 Å². The quantitative estimate of drug-likeness (QED) is 0.393. The fraction of sp³-hybridized carbons (Fsp3) is 0.217. The number of benzene rings is 2. The first-order chi connectivity index (χ1) is 14.6. The lowest BCUT2D eigenvalue weighted by molar-refractivity contribution is 0.0909. The number of nitrogens with zero attached hydrogens (tertiary/aromatic N) is 2. The van der Waals surface area contributed by atoms with Crippen molar-refractivity contribution in [2.75, 3.05) is 6.61 Å². The van der Waals surface area contributed by atoms with E-state index < -0.39 is 0 Å². The molecule has 30 heavy (non-hydrogen) atoms. The Kier molecular flexibility index (Phi) is 6.05. The first-order valence-corrected chi connectivity index (χ1v) is 10.2. The molecule has 2 heterocycles. The van der Waals surface area contributed by atoms with Crippen LogP contribution in [-0.2, 0) is 6.54 Å². The number of amides is 1. The van der Waals surface area contributed by atoms with E-state index >= 15 is 0 Å². The van der Waals surface area contributed by atoms with Crippen LogP contribution in [-0.4, -0.2) is 22.1 Å². The van der Waals surface area contributed by atoms with Gasteiger partial charge in [0.1, 0.15) is 11.6 Å². The van der Waals surface area contributed by atoms with Crippen LogP contribution in [0.2, 0.25) is 5.02 Å². The van der Waals surface area contributed by atoms with E-state index in [2.05, 4.69) is 9.88 Å². The van der Waals surface area contributed by atoms with Crippen molar-refractivity contribution >= 4 is 28.5 Å². The lowest BCUT2D eigenvalue weighted by Crippen LogP contribution is -2.28. The molecule has 4 rings (SSSR count). The summed E-state index contributed by atoms with van der Waals surface area (Å²) >= 11 is 6.15. The molecule has 0 aliphatic rings. The average molecular weight is 424 g/mol. The van der Waals surface area contributed by atoms with Crippen molar-refractivity contribution in [2.24, 2.45) is 0 Å². The monoisotopic (exact) mass is 423 g/mol. The molecule has 2 aromatic carbocycles. The van der Waals surface area contributed by atoms with Gasteiger partial charge in [-0.15, -0.1) is 0 Å². The van der Waals surface area contributed by atoms with E-state index in [0.29, 0.717) is 23.9 Å². The average Bonchev–Trinajstić information content (AvgIpc) is 3.41. The van der Waals surface area contributed by atoms with Gasteiger partial charge in [-0.2, -0.15) is 0 Å². The number of nitrogens with one attached hydrogen (secondary N) is 1. The van der Waals surface area contributed by atoms with Gasteiger partial charge in [0, 0.05) is 6.54 Å². The number of rotatable bonds is 8. The zero-order chi connectivity index (χ0) is 20.9. The molecule has 154 valence electrons. The third-order valence-electron chi connectivity index (χ3n) is 4.78. The van der Waals surface area contributed by atoms with Crippen molar-refractivity contribution in [3.8, 4) is 5.75 Å². The SMILES string of the molecule is C[C@@H](NC(=O)c1ccco1)c1nc2ccccc2n1CCCOc1ccccc1Cl. The van der Waals surface area contributed by atoms with E-state index in [1.54, 1.807) is 12.1 Å². The van der Waals surface area contributed by atoms with Gasteiger partial charge < -0.3 is 19.0 Å². The Bertz CT molecular complexity index is 1140. The number of carbonyl (C=O) groups is 1. The summed E-state index contributed by atoms with van der Waals surface area (Å²) in [6.45, 7) is 3.13. The van der Waals surface area contributed by atoms with Crippen molar-refractivity contribution < 1.29 is 13.9 Å². The predicted molar refractivity (Wildman–Crippen MR) is 116 cm³/mol. The molecule has 2 aromatic heterocycles. The fourth-order valence-corrected chi connectivity index (χ4v) is 3.56. The minimum absolute atomic E-state index is 0.270. The van der Waals surface area contributed by atoms with E-state index in [-0.39, 0.29) is 17.7 Å². The Labute approximate surface area is 179 Å². The number of hydrogen-bond donors (Lipinski definition) is 1. The number of aromatic nitrogens is 2. The molecular formula is C23H22ClN3O3. The molecule has 7 heteroatoms. The van der Waals surface area contributed by atoms with Gasteiger partial charge in [-0.25, -0.2) is 4.98 Å². The zero-order valence-corrected chi connectivity index (χ0v) is 17.3. The summed E-state index contributed by atoms with van der Waals surface area (Å²) in [4.78, 5) is 17.1. The number of furan rings is 1. The molecule has 1 N–H and O–H groups in total. The van der Waals surface area contributed by atoms with Crippen LogP contribution >= 0.6 is 11.6 Å². The summed E-state index contributed by atoms with van der Waals surface area (Å²) in [5.74, 6) is 1.47. The Morgan fingerprint density at radius 1 is 1.17 bits per heavy atom. The number of aryl methyl sites for hydroxylation is 1. The van der Waals surface area contributed by atoms with Crippen LogP contribution in [0.3, 0.4) is 0 Å². The second-order valence-electron chi connectivity index (χ2n) is 6.92. The molecule has 0 radical (unpaired) electrons. The van der Waals surface area contributed by atoms with E-state index in [1.165, 1.54) is 6.26 Å². The van der Waals surface area contributed by atoms with Gasteiger partial charge in [-0.05, 0) is 49.7 Å². The van der Waals surface area contributed by atoms with Gasteiger partial charge in [0.2, 0.25) is 0 Å². The molecule has 0 saturated carbocycles. The first-order valence-electron chi connectivity index (χ1n) is 9.80. The van der Waals surface area contributed by atoms with Gasteiger partial charge in [0.25, 0.3) is 5.91 Å². The molecule has 4 aromatic rings. The minimum Gasteiger partial charge on any atom is -0.492 e. The highest BCUT2D eigenvalue weighted by Gasteiger charge is 2.20. The topological polar surface area (TPSA) is 69.3 Å². The Morgan fingerprint density at radius 3 is 2.77 bits per heavy atom. The van der Waals surface area contributed by atoms with Gasteiger partial charge in [-0.3, -0.25) is 4.79 Å². The normalized spacial score (nSPS) is 12.1. The molecule has 0 saturated heterocycles. The summed E-state index contributed by atoms with van der Waals surface area (Å²) in [6, 6.07) is 18.4. The van der Waals surface area contributed by atoms with Gasteiger partial charge in [-0.1, -0.05) is 35.9 Å². The standard InChI is InChI=1S/C23H22ClN3O3/c1-16(25-23(28)21-12-6-14-30-21)22-26-18-9-3-4-10-19(18)27(22)13-7-15-29-20-11-5-2-8-17(20)24/h2-6,8-12,14,16H,7,13,15H2,1H3,(H,25,28)/t16-/m1/s1. The Morgan fingerprint density at radius 2 is 1.97 bits per heavy atom. The van der Waals surface area contributed by atoms with Crippen LogP contribution < -0.4 is 10.1 Å². The van der Waals surface area contributed by atoms with Gasteiger partial charge >= 0.3 is 0 Å². The van der Waals surface area contributed by atoms with Crippen LogP contribution in [0, 0.1) is 0 Å². The maximum atomic E-state index is 12.4. The van der Waals surface area contributed by atoms with Gasteiger partial charge in [0.05, 0.1) is 35.0 Å². The Balaban J connectivity index is 1.48. The van der Waals surface area contributed by atoms with Crippen LogP contribution in [0.25, 0.3) is 11.0 Å². The third-order valence-corrected chi connectivity index (χ3v) is 5.10. The number of fused-ring (bicyclic) bond motifs is 1. The maximum absolute atomic E-state index is 12.4. The number of imidazole rings is 1. The van der Waals surface area contributed by atoms with Crippen molar-refractivity contribution in [1.82, 2.24) is 14.9 Å². The Hall–Kier alpha value is -3.25. The molecule has 1 amide bonds. The summed E-state index contributed by atoms with van der Waals surface area (Å²) in [5, 5.41) is 3.56. The lowest BCUT2D eigenvalue weighted by Gasteiger charge is -2.16. The molecule has 0 aliphatic carbocycles. The molecule has 0 aliphatic heterocycles. The molecule has 6 nitrogen and oxygen atoms in total. The number of carbonyl (C=O) groups excluding carboxylic acids is 1. The summed E-state index contributed by atoms with van der Waals surface area (Å²) in [6.07, 6.45) is 2.24. The second-order valence-corrected chi connectivity index (χ2v) is 7.32. The number of ether oxygens (including phenoxy) is 1. The van der Waals surface area contributed by atoms with E-state index in [1.807, 2.05) is 55.5 Å². The molecule has 0 fully saturated rings. The van der Waals surface area contributed by atoms with Crippen molar-refractivity contribution in [2.45, 2.75) is 25.9 Å². The van der Waals surface area contributed by atoms with Gasteiger partial charge in [0.15, 0.2) is 5.76 Å². The third kappa shape index (κ3) is 4.33. The molecule has 0 bridgehead atoms. The zero-order valence-electron chi connectivity index (χ0n) is 16.5. The maximum Gasteiger partial charge on any atom is 0.287 e. The largest absolute Gasteiger partial charge is 0.492 e. The van der Waals surface area contributed by atoms with Crippen LogP contribution in [0.1, 0.15) is 35.8 Å². The number of para-hydroxylation sites is 3. The van der Waals surface area contributed by atoms with Crippen LogP contribution in [0.5, 0.6) is 5.75 Å².